The largest absolute Gasteiger partial charge is 0.334 e. The predicted octanol–water partition coefficient (Wildman–Crippen LogP) is 4.34. The summed E-state index contributed by atoms with van der Waals surface area (Å²) < 4.78 is 27.0. The third-order valence-electron chi connectivity index (χ3n) is 4.88. The first-order valence-electron chi connectivity index (χ1n) is 9.28. The van der Waals surface area contributed by atoms with Gasteiger partial charge in [-0.1, -0.05) is 49.7 Å². The first kappa shape index (κ1) is 21.3. The molecule has 1 fully saturated rings. The summed E-state index contributed by atoms with van der Waals surface area (Å²) in [6, 6.07) is 11.5. The van der Waals surface area contributed by atoms with Gasteiger partial charge in [0, 0.05) is 19.6 Å². The second kappa shape index (κ2) is 8.53. The minimum Gasteiger partial charge on any atom is -0.334 e. The van der Waals surface area contributed by atoms with E-state index in [1.807, 2.05) is 12.1 Å². The van der Waals surface area contributed by atoms with Crippen molar-refractivity contribution in [3.63, 3.8) is 0 Å². The molecule has 1 amide bonds. The lowest BCUT2D eigenvalue weighted by atomic mass is 10.0. The minimum absolute atomic E-state index is 0.148. The maximum absolute atomic E-state index is 12.9. The zero-order valence-electron chi connectivity index (χ0n) is 16.3. The Bertz CT molecular complexity index is 935. The number of rotatable bonds is 8. The van der Waals surface area contributed by atoms with Gasteiger partial charge < -0.3 is 4.90 Å². The van der Waals surface area contributed by atoms with E-state index in [1.54, 1.807) is 11.0 Å². The number of nitrogens with zero attached hydrogens (tertiary/aromatic N) is 2. The average Bonchev–Trinajstić information content (AvgIpc) is 3.39. The lowest BCUT2D eigenvalue weighted by Crippen LogP contribution is -2.41. The number of likely N-dealkylation sites (N-methyl/N-ethyl adjacent to an activating group) is 1. The second-order valence-electron chi connectivity index (χ2n) is 7.47. The van der Waals surface area contributed by atoms with Gasteiger partial charge in [-0.15, -0.1) is 11.3 Å². The molecule has 1 saturated carbocycles. The summed E-state index contributed by atoms with van der Waals surface area (Å²) in [6.07, 6.45) is 1.93. The van der Waals surface area contributed by atoms with Gasteiger partial charge >= 0.3 is 0 Å². The third-order valence-corrected chi connectivity index (χ3v) is 8.38. The Kier molecular flexibility index (Phi) is 6.49. The Hall–Kier alpha value is -1.41. The van der Waals surface area contributed by atoms with Crippen molar-refractivity contribution in [1.82, 2.24) is 9.21 Å². The van der Waals surface area contributed by atoms with Gasteiger partial charge in [0.05, 0.1) is 10.9 Å². The van der Waals surface area contributed by atoms with Crippen LogP contribution in [0, 0.1) is 0 Å². The standard InChI is InChI=1S/C20H25ClN2O3S2/c1-14(2)16-6-4-15(5-7-16)12-23(17-8-9-17)19(24)13-22(3)28(25,26)20-11-10-18(21)27-20/h4-7,10-11,14,17H,8-9,12-13H2,1-3H3. The second-order valence-corrected chi connectivity index (χ2v) is 11.5. The lowest BCUT2D eigenvalue weighted by Gasteiger charge is -2.25. The number of amides is 1. The van der Waals surface area contributed by atoms with Crippen LogP contribution in [0.1, 0.15) is 43.7 Å². The number of hydrogen-bond acceptors (Lipinski definition) is 4. The summed E-state index contributed by atoms with van der Waals surface area (Å²) in [4.78, 5) is 14.7. The van der Waals surface area contributed by atoms with Crippen LogP contribution < -0.4 is 0 Å². The molecule has 5 nitrogen and oxygen atoms in total. The fraction of sp³-hybridized carbons (Fsp3) is 0.450. The van der Waals surface area contributed by atoms with Crippen molar-refractivity contribution in [1.29, 1.82) is 0 Å². The van der Waals surface area contributed by atoms with Crippen LogP contribution in [0.5, 0.6) is 0 Å². The Labute approximate surface area is 176 Å². The van der Waals surface area contributed by atoms with Crippen LogP contribution >= 0.6 is 22.9 Å². The first-order chi connectivity index (χ1) is 13.2. The van der Waals surface area contributed by atoms with Gasteiger partial charge in [0.25, 0.3) is 10.0 Å². The summed E-state index contributed by atoms with van der Waals surface area (Å²) in [6.45, 7) is 4.61. The van der Waals surface area contributed by atoms with Crippen LogP contribution in [0.25, 0.3) is 0 Å². The normalized spacial score (nSPS) is 14.6. The molecule has 2 aromatic rings. The van der Waals surface area contributed by atoms with Crippen molar-refractivity contribution in [3.05, 3.63) is 51.9 Å². The van der Waals surface area contributed by atoms with E-state index in [9.17, 15) is 13.2 Å². The quantitative estimate of drug-likeness (QED) is 0.613. The molecule has 0 saturated heterocycles. The fourth-order valence-electron chi connectivity index (χ4n) is 2.97. The monoisotopic (exact) mass is 440 g/mol. The van der Waals surface area contributed by atoms with E-state index in [0.717, 1.165) is 34.0 Å². The van der Waals surface area contributed by atoms with E-state index < -0.39 is 10.0 Å². The van der Waals surface area contributed by atoms with Crippen molar-refractivity contribution in [2.45, 2.75) is 49.4 Å². The number of thiophene rings is 1. The zero-order chi connectivity index (χ0) is 20.5. The molecule has 0 atom stereocenters. The van der Waals surface area contributed by atoms with Crippen LogP contribution in [0.2, 0.25) is 4.34 Å². The Morgan fingerprint density at radius 3 is 2.32 bits per heavy atom. The molecule has 0 spiro atoms. The Balaban J connectivity index is 1.69. The number of halogens is 1. The van der Waals surface area contributed by atoms with E-state index >= 15 is 0 Å². The molecule has 0 N–H and O–H groups in total. The molecule has 1 aliphatic carbocycles. The number of benzene rings is 1. The molecule has 1 aromatic carbocycles. The van der Waals surface area contributed by atoms with Gasteiger partial charge in [0.15, 0.2) is 0 Å². The molecule has 28 heavy (non-hydrogen) atoms. The molecule has 152 valence electrons. The first-order valence-corrected chi connectivity index (χ1v) is 11.9. The molecule has 1 aromatic heterocycles. The molecule has 0 bridgehead atoms. The molecular formula is C20H25ClN2O3S2. The van der Waals surface area contributed by atoms with E-state index in [4.69, 9.17) is 11.6 Å². The van der Waals surface area contributed by atoms with E-state index in [0.29, 0.717) is 16.8 Å². The molecule has 8 heteroatoms. The van der Waals surface area contributed by atoms with E-state index in [-0.39, 0.29) is 22.7 Å². The molecule has 0 aliphatic heterocycles. The molecule has 1 heterocycles. The van der Waals surface area contributed by atoms with E-state index in [1.165, 1.54) is 18.7 Å². The lowest BCUT2D eigenvalue weighted by molar-refractivity contribution is -0.132. The third kappa shape index (κ3) is 4.95. The Morgan fingerprint density at radius 1 is 1.18 bits per heavy atom. The smallest absolute Gasteiger partial charge is 0.252 e. The zero-order valence-corrected chi connectivity index (χ0v) is 18.6. The number of hydrogen-bond donors (Lipinski definition) is 0. The van der Waals surface area contributed by atoms with Gasteiger partial charge in [-0.2, -0.15) is 4.31 Å². The summed E-state index contributed by atoms with van der Waals surface area (Å²) in [7, 11) is -2.29. The van der Waals surface area contributed by atoms with Crippen molar-refractivity contribution in [2.75, 3.05) is 13.6 Å². The minimum atomic E-state index is -3.72. The fourth-order valence-corrected chi connectivity index (χ4v) is 5.78. The van der Waals surface area contributed by atoms with Gasteiger partial charge in [0.1, 0.15) is 4.21 Å². The van der Waals surface area contributed by atoms with Crippen LogP contribution in [0.3, 0.4) is 0 Å². The van der Waals surface area contributed by atoms with Crippen LogP contribution in [-0.2, 0) is 21.4 Å². The summed E-state index contributed by atoms with van der Waals surface area (Å²) in [5.41, 5.74) is 2.31. The highest BCUT2D eigenvalue weighted by Crippen LogP contribution is 2.30. The molecule has 1 aliphatic rings. The van der Waals surface area contributed by atoms with Gasteiger partial charge in [-0.3, -0.25) is 4.79 Å². The SMILES string of the molecule is CC(C)c1ccc(CN(C(=O)CN(C)S(=O)(=O)c2ccc(Cl)s2)C2CC2)cc1. The summed E-state index contributed by atoms with van der Waals surface area (Å²) in [5, 5.41) is 0. The van der Waals surface area contributed by atoms with Crippen LogP contribution in [0.15, 0.2) is 40.6 Å². The molecule has 0 unspecified atom stereocenters. The van der Waals surface area contributed by atoms with Crippen molar-refractivity contribution < 1.29 is 13.2 Å². The van der Waals surface area contributed by atoms with Crippen LogP contribution in [-0.4, -0.2) is 43.2 Å². The highest BCUT2D eigenvalue weighted by molar-refractivity contribution is 7.91. The molecule has 0 radical (unpaired) electrons. The van der Waals surface area contributed by atoms with Gasteiger partial charge in [0.2, 0.25) is 5.91 Å². The van der Waals surface area contributed by atoms with Gasteiger partial charge in [-0.05, 0) is 42.0 Å². The highest BCUT2D eigenvalue weighted by Gasteiger charge is 2.34. The maximum Gasteiger partial charge on any atom is 0.252 e. The Morgan fingerprint density at radius 2 is 1.82 bits per heavy atom. The van der Waals surface area contributed by atoms with Crippen molar-refractivity contribution in [2.24, 2.45) is 0 Å². The summed E-state index contributed by atoms with van der Waals surface area (Å²) >= 11 is 6.85. The number of carbonyl (C=O) groups is 1. The maximum atomic E-state index is 12.9. The van der Waals surface area contributed by atoms with Crippen molar-refractivity contribution in [3.8, 4) is 0 Å². The van der Waals surface area contributed by atoms with Crippen LogP contribution in [0.4, 0.5) is 0 Å². The van der Waals surface area contributed by atoms with Gasteiger partial charge in [-0.25, -0.2) is 8.42 Å². The molecule has 3 rings (SSSR count). The van der Waals surface area contributed by atoms with E-state index in [2.05, 4.69) is 26.0 Å². The van der Waals surface area contributed by atoms with Crippen molar-refractivity contribution >= 4 is 38.9 Å². The summed E-state index contributed by atoms with van der Waals surface area (Å²) in [5.74, 6) is 0.281. The number of carbonyl (C=O) groups excluding carboxylic acids is 1. The number of sulfonamides is 1. The predicted molar refractivity (Wildman–Crippen MR) is 113 cm³/mol. The molecular weight excluding hydrogens is 416 g/mol. The average molecular weight is 441 g/mol. The topological polar surface area (TPSA) is 57.7 Å². The highest BCUT2D eigenvalue weighted by atomic mass is 35.5.